The van der Waals surface area contributed by atoms with Gasteiger partial charge in [-0.05, 0) is 25.5 Å². The Bertz CT molecular complexity index is 404. The number of hydrazine groups is 1. The van der Waals surface area contributed by atoms with Gasteiger partial charge in [0.15, 0.2) is 0 Å². The molecule has 1 atom stereocenters. The second kappa shape index (κ2) is 6.24. The molecule has 1 aromatic heterocycles. The van der Waals surface area contributed by atoms with Crippen LogP contribution >= 0.6 is 11.8 Å². The van der Waals surface area contributed by atoms with E-state index in [-0.39, 0.29) is 0 Å². The molecule has 6 heteroatoms. The van der Waals surface area contributed by atoms with Gasteiger partial charge >= 0.3 is 0 Å². The lowest BCUT2D eigenvalue weighted by Gasteiger charge is -2.17. The van der Waals surface area contributed by atoms with Gasteiger partial charge in [0.25, 0.3) is 0 Å². The van der Waals surface area contributed by atoms with Crippen molar-refractivity contribution in [2.24, 2.45) is 5.84 Å². The van der Waals surface area contributed by atoms with Gasteiger partial charge in [0.2, 0.25) is 0 Å². The second-order valence-corrected chi connectivity index (χ2v) is 5.71. The van der Waals surface area contributed by atoms with E-state index in [1.807, 2.05) is 18.7 Å². The molecule has 0 aromatic carbocycles. The van der Waals surface area contributed by atoms with E-state index in [9.17, 15) is 0 Å². The second-order valence-electron chi connectivity index (χ2n) is 4.56. The zero-order valence-electron chi connectivity index (χ0n) is 11.0. The maximum absolute atomic E-state index is 5.52. The summed E-state index contributed by atoms with van der Waals surface area (Å²) in [6.07, 6.45) is 3.11. The molecule has 0 aliphatic carbocycles. The van der Waals surface area contributed by atoms with Gasteiger partial charge in [-0.3, -0.25) is 0 Å². The molecule has 2 heterocycles. The van der Waals surface area contributed by atoms with Crippen LogP contribution < -0.4 is 16.6 Å². The predicted molar refractivity (Wildman–Crippen MR) is 77.9 cm³/mol. The largest absolute Gasteiger partial charge is 0.366 e. The molecule has 1 saturated heterocycles. The molecular formula is C12H21N5S. The van der Waals surface area contributed by atoms with Crippen LogP contribution in [-0.4, -0.2) is 27.5 Å². The normalized spacial score (nSPS) is 18.9. The Hall–Kier alpha value is -1.01. The highest BCUT2D eigenvalue weighted by Crippen LogP contribution is 2.25. The van der Waals surface area contributed by atoms with Crippen LogP contribution in [0, 0.1) is 6.92 Å². The van der Waals surface area contributed by atoms with Crippen molar-refractivity contribution in [3.8, 4) is 0 Å². The van der Waals surface area contributed by atoms with Crippen molar-refractivity contribution in [1.29, 1.82) is 0 Å². The van der Waals surface area contributed by atoms with E-state index in [1.165, 1.54) is 12.2 Å². The monoisotopic (exact) mass is 267 g/mol. The van der Waals surface area contributed by atoms with Crippen molar-refractivity contribution in [1.82, 2.24) is 9.97 Å². The minimum Gasteiger partial charge on any atom is -0.366 e. The molecule has 1 aliphatic rings. The summed E-state index contributed by atoms with van der Waals surface area (Å²) in [5, 5.41) is 3.52. The van der Waals surface area contributed by atoms with E-state index in [1.54, 1.807) is 0 Å². The molecule has 18 heavy (non-hydrogen) atoms. The van der Waals surface area contributed by atoms with Gasteiger partial charge in [0.05, 0.1) is 0 Å². The first-order valence-corrected chi connectivity index (χ1v) is 7.58. The number of nitrogens with one attached hydrogen (secondary N) is 2. The van der Waals surface area contributed by atoms with Gasteiger partial charge in [0.1, 0.15) is 17.5 Å². The fraction of sp³-hybridized carbons (Fsp3) is 0.667. The Balaban J connectivity index is 2.22. The highest BCUT2D eigenvalue weighted by Gasteiger charge is 2.18. The molecule has 1 aromatic rings. The van der Waals surface area contributed by atoms with Gasteiger partial charge in [-0.2, -0.15) is 11.8 Å². The highest BCUT2D eigenvalue weighted by atomic mass is 32.2. The van der Waals surface area contributed by atoms with E-state index in [0.717, 1.165) is 41.6 Å². The number of thioether (sulfide) groups is 1. The summed E-state index contributed by atoms with van der Waals surface area (Å²) >= 11 is 1.99. The lowest BCUT2D eigenvalue weighted by molar-refractivity contribution is 0.787. The summed E-state index contributed by atoms with van der Waals surface area (Å²) < 4.78 is 0. The van der Waals surface area contributed by atoms with Crippen molar-refractivity contribution in [3.05, 3.63) is 11.4 Å². The average Bonchev–Trinajstić information content (AvgIpc) is 2.86. The van der Waals surface area contributed by atoms with Crippen molar-refractivity contribution in [2.45, 2.75) is 39.2 Å². The minimum absolute atomic E-state index is 0.517. The summed E-state index contributed by atoms with van der Waals surface area (Å²) in [5.74, 6) is 10.4. The van der Waals surface area contributed by atoms with E-state index in [2.05, 4.69) is 27.6 Å². The van der Waals surface area contributed by atoms with Crippen LogP contribution in [-0.2, 0) is 6.42 Å². The molecule has 4 N–H and O–H groups in total. The number of hydrogen-bond acceptors (Lipinski definition) is 6. The van der Waals surface area contributed by atoms with Gasteiger partial charge in [-0.15, -0.1) is 0 Å². The van der Waals surface area contributed by atoms with Gasteiger partial charge < -0.3 is 10.7 Å². The Morgan fingerprint density at radius 1 is 1.39 bits per heavy atom. The summed E-state index contributed by atoms with van der Waals surface area (Å²) in [6, 6.07) is 0.517. The van der Waals surface area contributed by atoms with Crippen molar-refractivity contribution < 1.29 is 0 Å². The smallest absolute Gasteiger partial charge is 0.148 e. The third kappa shape index (κ3) is 3.05. The van der Waals surface area contributed by atoms with Crippen LogP contribution in [0.25, 0.3) is 0 Å². The van der Waals surface area contributed by atoms with Crippen molar-refractivity contribution in [2.75, 3.05) is 22.2 Å². The zero-order valence-corrected chi connectivity index (χ0v) is 11.8. The number of aromatic nitrogens is 2. The molecule has 0 bridgehead atoms. The van der Waals surface area contributed by atoms with E-state index < -0.39 is 0 Å². The molecule has 5 nitrogen and oxygen atoms in total. The summed E-state index contributed by atoms with van der Waals surface area (Å²) in [5.41, 5.74) is 3.66. The number of nitrogen functional groups attached to an aromatic ring is 1. The maximum atomic E-state index is 5.52. The summed E-state index contributed by atoms with van der Waals surface area (Å²) in [6.45, 7) is 4.12. The maximum Gasteiger partial charge on any atom is 0.148 e. The highest BCUT2D eigenvalue weighted by molar-refractivity contribution is 7.99. The number of hydrogen-bond donors (Lipinski definition) is 3. The predicted octanol–water partition coefficient (Wildman–Crippen LogP) is 1.94. The number of nitrogens with two attached hydrogens (primary N) is 1. The topological polar surface area (TPSA) is 75.9 Å². The van der Waals surface area contributed by atoms with Crippen molar-refractivity contribution in [3.63, 3.8) is 0 Å². The molecule has 2 rings (SSSR count). The Kier molecular flexibility index (Phi) is 4.66. The van der Waals surface area contributed by atoms with Crippen LogP contribution in [0.15, 0.2) is 0 Å². The number of anilines is 2. The fourth-order valence-electron chi connectivity index (χ4n) is 2.02. The molecule has 1 unspecified atom stereocenters. The molecule has 0 spiro atoms. The van der Waals surface area contributed by atoms with Crippen LogP contribution in [0.4, 0.5) is 11.6 Å². The van der Waals surface area contributed by atoms with E-state index in [0.29, 0.717) is 6.04 Å². The quantitative estimate of drug-likeness (QED) is 0.559. The molecule has 0 saturated carbocycles. The zero-order chi connectivity index (χ0) is 13.0. The first-order chi connectivity index (χ1) is 8.74. The number of rotatable bonds is 5. The average molecular weight is 267 g/mol. The molecular weight excluding hydrogens is 246 g/mol. The Morgan fingerprint density at radius 3 is 2.78 bits per heavy atom. The van der Waals surface area contributed by atoms with Gasteiger partial charge in [0, 0.05) is 23.8 Å². The Morgan fingerprint density at radius 2 is 2.17 bits per heavy atom. The summed E-state index contributed by atoms with van der Waals surface area (Å²) in [7, 11) is 0. The standard InChI is InChI=1S/C12H21N5S/c1-3-4-10-15-11(8(2)12(16-10)17-13)14-9-5-6-18-7-9/h9H,3-7,13H2,1-2H3,(H2,14,15,16,17). The van der Waals surface area contributed by atoms with Gasteiger partial charge in [-0.1, -0.05) is 6.92 Å². The number of nitrogens with zero attached hydrogens (tertiary/aromatic N) is 2. The molecule has 1 aliphatic heterocycles. The summed E-state index contributed by atoms with van der Waals surface area (Å²) in [4.78, 5) is 9.03. The SMILES string of the molecule is CCCc1nc(NN)c(C)c(NC2CCSC2)n1. The van der Waals surface area contributed by atoms with E-state index in [4.69, 9.17) is 5.84 Å². The third-order valence-electron chi connectivity index (χ3n) is 3.07. The van der Waals surface area contributed by atoms with E-state index >= 15 is 0 Å². The minimum atomic E-state index is 0.517. The first kappa shape index (κ1) is 13.4. The van der Waals surface area contributed by atoms with Crippen LogP contribution in [0.3, 0.4) is 0 Å². The molecule has 1 fully saturated rings. The fourth-order valence-corrected chi connectivity index (χ4v) is 3.17. The third-order valence-corrected chi connectivity index (χ3v) is 4.24. The van der Waals surface area contributed by atoms with Gasteiger partial charge in [-0.25, -0.2) is 15.8 Å². The lowest BCUT2D eigenvalue weighted by atomic mass is 10.2. The van der Waals surface area contributed by atoms with Crippen LogP contribution in [0.2, 0.25) is 0 Å². The lowest BCUT2D eigenvalue weighted by Crippen LogP contribution is -2.22. The molecule has 100 valence electrons. The van der Waals surface area contributed by atoms with Crippen LogP contribution in [0.5, 0.6) is 0 Å². The first-order valence-electron chi connectivity index (χ1n) is 6.43. The molecule has 0 amide bonds. The molecule has 0 radical (unpaired) electrons. The van der Waals surface area contributed by atoms with Crippen LogP contribution in [0.1, 0.15) is 31.2 Å². The van der Waals surface area contributed by atoms with Crippen molar-refractivity contribution >= 4 is 23.4 Å². The Labute approximate surface area is 112 Å². The number of aryl methyl sites for hydroxylation is 1.